The standard InChI is InChI=1S/C18H14ClF3N6O2/c1-17(6-12(18(20,21)22)26-16(24)30-17)14-10(19)3-5-13(27-14)28-15(29)11-4-2-9(7-23)8-25-11/h2-5,8,12H,6H2,1H3,(H2,24,26)(H,27,28,29)/t12-,17-/m0/s1. The summed E-state index contributed by atoms with van der Waals surface area (Å²) >= 11 is 6.16. The molecular formula is C18H14ClF3N6O2. The van der Waals surface area contributed by atoms with E-state index in [9.17, 15) is 18.0 Å². The number of rotatable bonds is 3. The van der Waals surface area contributed by atoms with Crippen LogP contribution >= 0.6 is 11.6 Å². The maximum atomic E-state index is 13.2. The van der Waals surface area contributed by atoms with E-state index in [0.717, 1.165) is 0 Å². The molecule has 2 aromatic rings. The molecule has 0 fully saturated rings. The molecular weight excluding hydrogens is 425 g/mol. The molecule has 2 aromatic heterocycles. The first-order valence-electron chi connectivity index (χ1n) is 8.45. The quantitative estimate of drug-likeness (QED) is 0.758. The topological polar surface area (TPSA) is 126 Å². The van der Waals surface area contributed by atoms with Crippen molar-refractivity contribution in [2.24, 2.45) is 10.7 Å². The van der Waals surface area contributed by atoms with Gasteiger partial charge in [0.05, 0.1) is 10.6 Å². The van der Waals surface area contributed by atoms with Gasteiger partial charge in [0.2, 0.25) is 0 Å². The monoisotopic (exact) mass is 438 g/mol. The smallest absolute Gasteiger partial charge is 0.411 e. The second kappa shape index (κ2) is 7.79. The molecule has 3 rings (SSSR count). The highest BCUT2D eigenvalue weighted by molar-refractivity contribution is 6.31. The maximum Gasteiger partial charge on any atom is 0.411 e. The number of aliphatic imine (C=N–C) groups is 1. The summed E-state index contributed by atoms with van der Waals surface area (Å²) in [5.41, 5.74) is 4.08. The summed E-state index contributed by atoms with van der Waals surface area (Å²) in [4.78, 5) is 23.7. The molecule has 0 saturated heterocycles. The largest absolute Gasteiger partial charge is 0.452 e. The van der Waals surface area contributed by atoms with Crippen LogP contribution in [0.4, 0.5) is 19.0 Å². The van der Waals surface area contributed by atoms with Crippen molar-refractivity contribution in [3.05, 3.63) is 52.4 Å². The van der Waals surface area contributed by atoms with Gasteiger partial charge in [-0.25, -0.2) is 15.0 Å². The normalized spacial score (nSPS) is 21.2. The molecule has 3 heterocycles. The molecule has 0 spiro atoms. The zero-order chi connectivity index (χ0) is 22.1. The lowest BCUT2D eigenvalue weighted by atomic mass is 9.91. The van der Waals surface area contributed by atoms with E-state index >= 15 is 0 Å². The Hall–Kier alpha value is -3.39. The molecule has 12 heteroatoms. The van der Waals surface area contributed by atoms with E-state index in [-0.39, 0.29) is 27.8 Å². The maximum absolute atomic E-state index is 13.2. The van der Waals surface area contributed by atoms with Crippen molar-refractivity contribution in [1.82, 2.24) is 9.97 Å². The molecule has 0 unspecified atom stereocenters. The highest BCUT2D eigenvalue weighted by Crippen LogP contribution is 2.41. The summed E-state index contributed by atoms with van der Waals surface area (Å²) in [7, 11) is 0. The SMILES string of the molecule is C[C@@]1(c2nc(NC(=O)c3ccc(C#N)cn3)ccc2Cl)C[C@@H](C(F)(F)F)N=C(N)O1. The number of hydrogen-bond acceptors (Lipinski definition) is 7. The van der Waals surface area contributed by atoms with Gasteiger partial charge in [0.1, 0.15) is 23.3 Å². The van der Waals surface area contributed by atoms with Gasteiger partial charge in [-0.05, 0) is 31.2 Å². The third kappa shape index (κ3) is 4.44. The van der Waals surface area contributed by atoms with Crippen LogP contribution in [0.25, 0.3) is 0 Å². The fourth-order valence-electron chi connectivity index (χ4n) is 2.86. The van der Waals surface area contributed by atoms with Crippen LogP contribution < -0.4 is 11.1 Å². The Labute approximate surface area is 173 Å². The van der Waals surface area contributed by atoms with Gasteiger partial charge >= 0.3 is 6.18 Å². The molecule has 1 amide bonds. The van der Waals surface area contributed by atoms with Gasteiger partial charge in [-0.15, -0.1) is 0 Å². The van der Waals surface area contributed by atoms with Gasteiger partial charge < -0.3 is 15.8 Å². The van der Waals surface area contributed by atoms with Crippen molar-refractivity contribution in [1.29, 1.82) is 5.26 Å². The molecule has 30 heavy (non-hydrogen) atoms. The molecule has 8 nitrogen and oxygen atoms in total. The predicted octanol–water partition coefficient (Wildman–Crippen LogP) is 3.14. The van der Waals surface area contributed by atoms with E-state index in [1.165, 1.54) is 37.4 Å². The molecule has 0 aliphatic carbocycles. The number of carbonyl (C=O) groups excluding carboxylic acids is 1. The van der Waals surface area contributed by atoms with Crippen LogP contribution in [0.1, 0.15) is 35.1 Å². The van der Waals surface area contributed by atoms with E-state index in [4.69, 9.17) is 27.3 Å². The first-order valence-corrected chi connectivity index (χ1v) is 8.83. The Bertz CT molecular complexity index is 1050. The number of carbonyl (C=O) groups is 1. The van der Waals surface area contributed by atoms with Gasteiger partial charge in [-0.1, -0.05) is 11.6 Å². The van der Waals surface area contributed by atoms with Crippen molar-refractivity contribution in [2.45, 2.75) is 31.2 Å². The highest BCUT2D eigenvalue weighted by atomic mass is 35.5. The molecule has 3 N–H and O–H groups in total. The first-order chi connectivity index (χ1) is 14.0. The minimum atomic E-state index is -4.63. The summed E-state index contributed by atoms with van der Waals surface area (Å²) in [6.07, 6.45) is -4.00. The summed E-state index contributed by atoms with van der Waals surface area (Å²) in [6.45, 7) is 1.36. The number of amides is 1. The number of aromatic nitrogens is 2. The van der Waals surface area contributed by atoms with E-state index in [0.29, 0.717) is 0 Å². The van der Waals surface area contributed by atoms with E-state index < -0.39 is 36.2 Å². The number of anilines is 1. The number of nitrogens with zero attached hydrogens (tertiary/aromatic N) is 4. The molecule has 1 aliphatic heterocycles. The molecule has 0 radical (unpaired) electrons. The van der Waals surface area contributed by atoms with E-state index in [1.54, 1.807) is 0 Å². The van der Waals surface area contributed by atoms with Crippen LogP contribution in [0, 0.1) is 11.3 Å². The van der Waals surface area contributed by atoms with Gasteiger partial charge in [0.25, 0.3) is 11.9 Å². The van der Waals surface area contributed by atoms with Crippen molar-refractivity contribution >= 4 is 29.3 Å². The second-order valence-electron chi connectivity index (χ2n) is 6.59. The Morgan fingerprint density at radius 3 is 2.73 bits per heavy atom. The lowest BCUT2D eigenvalue weighted by molar-refractivity contribution is -0.164. The van der Waals surface area contributed by atoms with Crippen molar-refractivity contribution in [2.75, 3.05) is 5.32 Å². The average Bonchev–Trinajstić information content (AvgIpc) is 2.68. The van der Waals surface area contributed by atoms with Gasteiger partial charge in [0, 0.05) is 12.6 Å². The van der Waals surface area contributed by atoms with Crippen LogP contribution in [-0.2, 0) is 10.3 Å². The van der Waals surface area contributed by atoms with Crippen LogP contribution in [0.15, 0.2) is 35.5 Å². The first kappa shape index (κ1) is 21.3. The van der Waals surface area contributed by atoms with Gasteiger partial charge in [0.15, 0.2) is 11.6 Å². The zero-order valence-corrected chi connectivity index (χ0v) is 16.1. The fraction of sp³-hybridized carbons (Fsp3) is 0.278. The lowest BCUT2D eigenvalue weighted by Crippen LogP contribution is -2.46. The Balaban J connectivity index is 1.88. The Morgan fingerprint density at radius 2 is 2.13 bits per heavy atom. The number of amidine groups is 1. The van der Waals surface area contributed by atoms with Crippen LogP contribution in [-0.4, -0.2) is 34.1 Å². The highest BCUT2D eigenvalue weighted by Gasteiger charge is 2.50. The molecule has 1 aliphatic rings. The number of nitriles is 1. The van der Waals surface area contributed by atoms with Gasteiger partial charge in [-0.2, -0.15) is 18.4 Å². The fourth-order valence-corrected chi connectivity index (χ4v) is 3.16. The molecule has 0 bridgehead atoms. The van der Waals surface area contributed by atoms with Crippen molar-refractivity contribution in [3.63, 3.8) is 0 Å². The number of halogens is 4. The number of ether oxygens (including phenoxy) is 1. The number of pyridine rings is 2. The number of hydrogen-bond donors (Lipinski definition) is 2. The summed E-state index contributed by atoms with van der Waals surface area (Å²) in [5.74, 6) is -0.621. The predicted molar refractivity (Wildman–Crippen MR) is 101 cm³/mol. The zero-order valence-electron chi connectivity index (χ0n) is 15.4. The minimum Gasteiger partial charge on any atom is -0.452 e. The van der Waals surface area contributed by atoms with Crippen molar-refractivity contribution < 1.29 is 22.7 Å². The third-order valence-electron chi connectivity index (χ3n) is 4.29. The van der Waals surface area contributed by atoms with E-state index in [2.05, 4.69) is 20.3 Å². The van der Waals surface area contributed by atoms with Crippen LogP contribution in [0.2, 0.25) is 5.02 Å². The summed E-state index contributed by atoms with van der Waals surface area (Å²) in [6, 6.07) is 4.66. The second-order valence-corrected chi connectivity index (χ2v) is 6.99. The number of alkyl halides is 3. The van der Waals surface area contributed by atoms with Crippen LogP contribution in [0.3, 0.4) is 0 Å². The third-order valence-corrected chi connectivity index (χ3v) is 4.59. The van der Waals surface area contributed by atoms with Crippen molar-refractivity contribution in [3.8, 4) is 6.07 Å². The average molecular weight is 439 g/mol. The lowest BCUT2D eigenvalue weighted by Gasteiger charge is -2.36. The molecule has 0 aromatic carbocycles. The summed E-state index contributed by atoms with van der Waals surface area (Å²) in [5, 5.41) is 11.3. The van der Waals surface area contributed by atoms with Gasteiger partial charge in [-0.3, -0.25) is 4.79 Å². The number of nitrogens with two attached hydrogens (primary N) is 1. The van der Waals surface area contributed by atoms with Crippen LogP contribution in [0.5, 0.6) is 0 Å². The molecule has 156 valence electrons. The Kier molecular flexibility index (Phi) is 5.54. The summed E-state index contributed by atoms with van der Waals surface area (Å²) < 4.78 is 45.0. The number of nitrogens with one attached hydrogen (secondary N) is 1. The molecule has 0 saturated carbocycles. The van der Waals surface area contributed by atoms with E-state index in [1.807, 2.05) is 6.07 Å². The molecule has 2 atom stereocenters. The Morgan fingerprint density at radius 1 is 1.40 bits per heavy atom. The minimum absolute atomic E-state index is 0.0139.